The molecule has 1 aromatic heterocycles. The van der Waals surface area contributed by atoms with Crippen molar-refractivity contribution in [2.24, 2.45) is 0 Å². The Morgan fingerprint density at radius 3 is 2.62 bits per heavy atom. The van der Waals surface area contributed by atoms with Gasteiger partial charge in [0.05, 0.1) is 30.2 Å². The summed E-state index contributed by atoms with van der Waals surface area (Å²) in [6, 6.07) is 0. The Hall–Kier alpha value is -1.05. The fourth-order valence-corrected chi connectivity index (χ4v) is 4.09. The van der Waals surface area contributed by atoms with E-state index >= 15 is 0 Å². The minimum absolute atomic E-state index is 0.0393. The van der Waals surface area contributed by atoms with Gasteiger partial charge in [0.15, 0.2) is 5.16 Å². The Labute approximate surface area is 147 Å². The van der Waals surface area contributed by atoms with Gasteiger partial charge in [-0.3, -0.25) is 4.79 Å². The number of thioether (sulfide) groups is 1. The van der Waals surface area contributed by atoms with Crippen molar-refractivity contribution in [3.63, 3.8) is 0 Å². The van der Waals surface area contributed by atoms with E-state index in [-0.39, 0.29) is 18.1 Å². The van der Waals surface area contributed by atoms with Crippen LogP contribution in [0.3, 0.4) is 0 Å². The van der Waals surface area contributed by atoms with Gasteiger partial charge in [-0.25, -0.2) is 4.98 Å². The van der Waals surface area contributed by atoms with Gasteiger partial charge >= 0.3 is 0 Å². The Balaban J connectivity index is 1.51. The van der Waals surface area contributed by atoms with Gasteiger partial charge in [0.1, 0.15) is 0 Å². The number of carbonyl (C=O) groups is 1. The number of hydrogen-bond donors (Lipinski definition) is 1. The van der Waals surface area contributed by atoms with Crippen molar-refractivity contribution in [1.29, 1.82) is 0 Å². The van der Waals surface area contributed by atoms with Crippen LogP contribution in [0.5, 0.6) is 0 Å². The van der Waals surface area contributed by atoms with Gasteiger partial charge in [0, 0.05) is 25.5 Å². The predicted molar refractivity (Wildman–Crippen MR) is 93.4 cm³/mol. The summed E-state index contributed by atoms with van der Waals surface area (Å²) in [6.45, 7) is 7.20. The molecule has 3 rings (SSSR count). The molecule has 2 unspecified atom stereocenters. The molecule has 7 heteroatoms. The van der Waals surface area contributed by atoms with Crippen molar-refractivity contribution in [3.05, 3.63) is 11.4 Å². The molecular weight excluding hydrogens is 326 g/mol. The number of nitrogens with one attached hydrogen (secondary N) is 1. The summed E-state index contributed by atoms with van der Waals surface area (Å²) in [5.74, 6) is 0.422. The molecule has 0 saturated carbocycles. The van der Waals surface area contributed by atoms with Crippen molar-refractivity contribution >= 4 is 17.7 Å². The standard InChI is InChI=1S/C17H27N3O3S/c1-12-13(2)20(10-15-6-4-8-23-15)17(19-12)24-11-16(21)18-9-14-5-3-7-22-14/h14-15H,3-11H2,1-2H3,(H,18,21). The van der Waals surface area contributed by atoms with Crippen LogP contribution in [0.25, 0.3) is 0 Å². The van der Waals surface area contributed by atoms with Crippen LogP contribution in [-0.4, -0.2) is 53.2 Å². The molecule has 0 spiro atoms. The molecule has 24 heavy (non-hydrogen) atoms. The highest BCUT2D eigenvalue weighted by molar-refractivity contribution is 7.99. The molecule has 0 radical (unpaired) electrons. The second-order valence-corrected chi connectivity index (χ2v) is 7.48. The number of carbonyl (C=O) groups excluding carboxylic acids is 1. The van der Waals surface area contributed by atoms with E-state index in [1.807, 2.05) is 6.92 Å². The van der Waals surface area contributed by atoms with Gasteiger partial charge < -0.3 is 19.4 Å². The van der Waals surface area contributed by atoms with Crippen molar-refractivity contribution < 1.29 is 14.3 Å². The number of nitrogens with zero attached hydrogens (tertiary/aromatic N) is 2. The fraction of sp³-hybridized carbons (Fsp3) is 0.765. The normalized spacial score (nSPS) is 23.8. The van der Waals surface area contributed by atoms with E-state index in [9.17, 15) is 4.79 Å². The molecule has 2 aliphatic heterocycles. The second-order valence-electron chi connectivity index (χ2n) is 6.54. The van der Waals surface area contributed by atoms with Crippen LogP contribution in [0.4, 0.5) is 0 Å². The zero-order valence-corrected chi connectivity index (χ0v) is 15.4. The first-order valence-electron chi connectivity index (χ1n) is 8.80. The third-order valence-corrected chi connectivity index (χ3v) is 5.69. The monoisotopic (exact) mass is 353 g/mol. The molecule has 1 N–H and O–H groups in total. The lowest BCUT2D eigenvalue weighted by Crippen LogP contribution is -2.33. The van der Waals surface area contributed by atoms with Crippen LogP contribution in [0.1, 0.15) is 37.1 Å². The van der Waals surface area contributed by atoms with Gasteiger partial charge in [0.25, 0.3) is 0 Å². The van der Waals surface area contributed by atoms with E-state index in [1.54, 1.807) is 0 Å². The molecule has 3 heterocycles. The average Bonchev–Trinajstić information content (AvgIpc) is 3.30. The summed E-state index contributed by atoms with van der Waals surface area (Å²) in [5, 5.41) is 3.87. The van der Waals surface area contributed by atoms with E-state index < -0.39 is 0 Å². The molecule has 1 aromatic rings. The molecule has 0 bridgehead atoms. The molecule has 134 valence electrons. The average molecular weight is 353 g/mol. The molecule has 2 atom stereocenters. The summed E-state index contributed by atoms with van der Waals surface area (Å²) in [6.07, 6.45) is 4.82. The zero-order chi connectivity index (χ0) is 16.9. The maximum atomic E-state index is 12.1. The van der Waals surface area contributed by atoms with E-state index in [1.165, 1.54) is 11.8 Å². The van der Waals surface area contributed by atoms with Gasteiger partial charge in [-0.1, -0.05) is 11.8 Å². The zero-order valence-electron chi connectivity index (χ0n) is 14.5. The number of imidazole rings is 1. The first-order valence-corrected chi connectivity index (χ1v) is 9.78. The Morgan fingerprint density at radius 1 is 1.25 bits per heavy atom. The predicted octanol–water partition coefficient (Wildman–Crippen LogP) is 2.07. The van der Waals surface area contributed by atoms with Crippen molar-refractivity contribution in [3.8, 4) is 0 Å². The largest absolute Gasteiger partial charge is 0.376 e. The lowest BCUT2D eigenvalue weighted by molar-refractivity contribution is -0.119. The van der Waals surface area contributed by atoms with Crippen LogP contribution in [0, 0.1) is 13.8 Å². The van der Waals surface area contributed by atoms with Crippen LogP contribution >= 0.6 is 11.8 Å². The maximum Gasteiger partial charge on any atom is 0.230 e. The first-order chi connectivity index (χ1) is 11.6. The number of amides is 1. The van der Waals surface area contributed by atoms with E-state index in [0.717, 1.165) is 62.0 Å². The molecule has 0 aliphatic carbocycles. The number of hydrogen-bond acceptors (Lipinski definition) is 5. The Bertz CT molecular complexity index is 564. The Kier molecular flexibility index (Phi) is 6.19. The van der Waals surface area contributed by atoms with Gasteiger partial charge in [-0.15, -0.1) is 0 Å². The van der Waals surface area contributed by atoms with E-state index in [0.29, 0.717) is 12.3 Å². The highest BCUT2D eigenvalue weighted by Gasteiger charge is 2.21. The van der Waals surface area contributed by atoms with E-state index in [4.69, 9.17) is 9.47 Å². The number of aromatic nitrogens is 2. The van der Waals surface area contributed by atoms with Crippen molar-refractivity contribution in [2.75, 3.05) is 25.5 Å². The molecule has 0 aromatic carbocycles. The number of ether oxygens (including phenoxy) is 2. The number of rotatable bonds is 7. The first kappa shape index (κ1) is 17.8. The number of aryl methyl sites for hydroxylation is 1. The van der Waals surface area contributed by atoms with Crippen LogP contribution in [0.2, 0.25) is 0 Å². The second kappa shape index (κ2) is 8.36. The van der Waals surface area contributed by atoms with Crippen LogP contribution in [0.15, 0.2) is 5.16 Å². The van der Waals surface area contributed by atoms with Crippen LogP contribution < -0.4 is 5.32 Å². The van der Waals surface area contributed by atoms with Crippen molar-refractivity contribution in [2.45, 2.75) is 63.4 Å². The smallest absolute Gasteiger partial charge is 0.230 e. The molecule has 6 nitrogen and oxygen atoms in total. The lowest BCUT2D eigenvalue weighted by Gasteiger charge is -2.15. The summed E-state index contributed by atoms with van der Waals surface area (Å²) >= 11 is 1.50. The van der Waals surface area contributed by atoms with Crippen molar-refractivity contribution in [1.82, 2.24) is 14.9 Å². The Morgan fingerprint density at radius 2 is 1.96 bits per heavy atom. The lowest BCUT2D eigenvalue weighted by atomic mass is 10.2. The molecule has 2 saturated heterocycles. The topological polar surface area (TPSA) is 65.4 Å². The minimum atomic E-state index is 0.0393. The molecule has 2 aliphatic rings. The summed E-state index contributed by atoms with van der Waals surface area (Å²) in [4.78, 5) is 16.7. The minimum Gasteiger partial charge on any atom is -0.376 e. The summed E-state index contributed by atoms with van der Waals surface area (Å²) in [7, 11) is 0. The maximum absolute atomic E-state index is 12.1. The highest BCUT2D eigenvalue weighted by atomic mass is 32.2. The van der Waals surface area contributed by atoms with E-state index in [2.05, 4.69) is 21.8 Å². The van der Waals surface area contributed by atoms with Crippen LogP contribution in [-0.2, 0) is 20.8 Å². The van der Waals surface area contributed by atoms with Gasteiger partial charge in [-0.05, 0) is 39.5 Å². The molecule has 1 amide bonds. The summed E-state index contributed by atoms with van der Waals surface area (Å²) in [5.41, 5.74) is 2.18. The summed E-state index contributed by atoms with van der Waals surface area (Å²) < 4.78 is 13.5. The van der Waals surface area contributed by atoms with Gasteiger partial charge in [0.2, 0.25) is 5.91 Å². The fourth-order valence-electron chi connectivity index (χ4n) is 3.15. The molecular formula is C17H27N3O3S. The quantitative estimate of drug-likeness (QED) is 0.760. The highest BCUT2D eigenvalue weighted by Crippen LogP contribution is 2.24. The third-order valence-electron chi connectivity index (χ3n) is 4.72. The SMILES string of the molecule is Cc1nc(SCC(=O)NCC2CCCO2)n(CC2CCCO2)c1C. The van der Waals surface area contributed by atoms with Gasteiger partial charge in [-0.2, -0.15) is 0 Å². The molecule has 2 fully saturated rings. The third kappa shape index (κ3) is 4.52.